The van der Waals surface area contributed by atoms with Crippen molar-refractivity contribution in [3.05, 3.63) is 231 Å². The smallest absolute Gasteiger partial charge is 0.0633 e. The summed E-state index contributed by atoms with van der Waals surface area (Å²) < 4.78 is 0. The maximum absolute atomic E-state index is 6.74. The Hall–Kier alpha value is -8.20. The number of nitrogen functional groups attached to an aromatic ring is 2. The monoisotopic (exact) mass is 790 g/mol. The summed E-state index contributed by atoms with van der Waals surface area (Å²) in [5, 5.41) is 0. The first kappa shape index (κ1) is 36.8. The molecule has 28 aliphatic rings. The summed E-state index contributed by atoms with van der Waals surface area (Å²) in [5.74, 6) is 0. The standard InChI is InChI=1S/C60H42N2/c61-59-57-37-38-58(60(59)62)56-35-31-54(32-36-56)52-27-23-50(24-28-52)48-19-15-46(16-20-48)44-11-7-42(8-12-44)40-2-1-39(3-4-40)41-5-9-43(10-6-41)45-13-17-47(18-14-45)49-21-25-51(26-22-49)53-29-33-55(57)34-30-53/h1-38H,61-62H2. The lowest BCUT2D eigenvalue weighted by molar-refractivity contribution is 1.55. The molecule has 38 rings (SSSR count). The molecule has 0 heterocycles. The Morgan fingerprint density at radius 3 is 0.339 bits per heavy atom. The van der Waals surface area contributed by atoms with E-state index in [4.69, 9.17) is 11.5 Å². The molecule has 10 aromatic carbocycles. The summed E-state index contributed by atoms with van der Waals surface area (Å²) in [6, 6.07) is 83.1. The van der Waals surface area contributed by atoms with Crippen molar-refractivity contribution >= 4 is 11.4 Å². The zero-order valence-electron chi connectivity index (χ0n) is 34.1. The Morgan fingerprint density at radius 2 is 0.226 bits per heavy atom. The molecule has 0 radical (unpaired) electrons. The van der Waals surface area contributed by atoms with Crippen LogP contribution in [0, 0.1) is 0 Å². The predicted octanol–water partition coefficient (Wildman–Crippen LogP) is 15.8. The summed E-state index contributed by atoms with van der Waals surface area (Å²) in [4.78, 5) is 0. The molecule has 0 amide bonds. The Balaban J connectivity index is 0.921. The van der Waals surface area contributed by atoms with E-state index in [-0.39, 0.29) is 0 Å². The van der Waals surface area contributed by atoms with Gasteiger partial charge < -0.3 is 11.5 Å². The zero-order valence-corrected chi connectivity index (χ0v) is 34.1. The average molecular weight is 791 g/mol. The first-order valence-corrected chi connectivity index (χ1v) is 21.1. The molecule has 0 fully saturated rings. The van der Waals surface area contributed by atoms with Gasteiger partial charge in [-0.15, -0.1) is 0 Å². The van der Waals surface area contributed by atoms with Gasteiger partial charge in [-0.05, 0) is 100 Å². The first-order valence-electron chi connectivity index (χ1n) is 21.1. The predicted molar refractivity (Wildman–Crippen MR) is 263 cm³/mol. The highest BCUT2D eigenvalue weighted by molar-refractivity contribution is 5.94. The second-order valence-electron chi connectivity index (χ2n) is 16.2. The maximum Gasteiger partial charge on any atom is 0.0633 e. The van der Waals surface area contributed by atoms with E-state index >= 15 is 0 Å². The summed E-state index contributed by atoms with van der Waals surface area (Å²) in [5.41, 5.74) is 37.5. The second-order valence-corrected chi connectivity index (χ2v) is 16.2. The van der Waals surface area contributed by atoms with E-state index in [9.17, 15) is 0 Å². The molecule has 0 atom stereocenters. The van der Waals surface area contributed by atoms with Crippen LogP contribution in [0.3, 0.4) is 0 Å². The average Bonchev–Trinajstić information content (AvgIpc) is 3.35. The number of anilines is 2. The van der Waals surface area contributed by atoms with Gasteiger partial charge in [0.15, 0.2) is 0 Å². The molecule has 0 aromatic heterocycles. The van der Waals surface area contributed by atoms with Crippen LogP contribution in [0.5, 0.6) is 0 Å². The molecule has 0 spiro atoms. The van der Waals surface area contributed by atoms with Gasteiger partial charge in [0.2, 0.25) is 0 Å². The summed E-state index contributed by atoms with van der Waals surface area (Å²) >= 11 is 0. The molecule has 0 unspecified atom stereocenters. The fourth-order valence-corrected chi connectivity index (χ4v) is 8.81. The second kappa shape index (κ2) is 15.4. The van der Waals surface area contributed by atoms with Gasteiger partial charge in [0.05, 0.1) is 11.4 Å². The van der Waals surface area contributed by atoms with Crippen molar-refractivity contribution in [2.75, 3.05) is 11.5 Å². The van der Waals surface area contributed by atoms with Crippen molar-refractivity contribution in [2.24, 2.45) is 0 Å². The minimum atomic E-state index is 0.591. The normalized spacial score (nSPS) is 11.4. The number of benzene rings is 10. The molecule has 20 bridgehead atoms. The van der Waals surface area contributed by atoms with Crippen molar-refractivity contribution in [1.29, 1.82) is 0 Å². The van der Waals surface area contributed by atoms with Gasteiger partial charge in [-0.3, -0.25) is 0 Å². The molecule has 2 nitrogen and oxygen atoms in total. The minimum absolute atomic E-state index is 0.591. The molecule has 10 aromatic rings. The third-order valence-electron chi connectivity index (χ3n) is 12.5. The third kappa shape index (κ3) is 6.94. The summed E-state index contributed by atoms with van der Waals surface area (Å²) in [7, 11) is 0. The number of hydrogen-bond donors (Lipinski definition) is 2. The SMILES string of the molecule is Nc1c2ccc(c1N)-c1ccc(cc1)-c1ccc(cc1)-c1ccc(cc1)-c1ccc(cc1)-c1ccc(cc1)-c1ccc(cc1)-c1ccc(cc1)-c1ccc(cc1)-c1ccc-2cc1. The van der Waals surface area contributed by atoms with E-state index in [1.54, 1.807) is 0 Å². The molecular weight excluding hydrogens is 749 g/mol. The van der Waals surface area contributed by atoms with Crippen LogP contribution < -0.4 is 11.5 Å². The van der Waals surface area contributed by atoms with Crippen molar-refractivity contribution < 1.29 is 0 Å². The minimum Gasteiger partial charge on any atom is -0.397 e. The Kier molecular flexibility index (Phi) is 9.17. The zero-order chi connectivity index (χ0) is 41.6. The topological polar surface area (TPSA) is 52.0 Å². The van der Waals surface area contributed by atoms with Crippen molar-refractivity contribution in [2.45, 2.75) is 0 Å². The van der Waals surface area contributed by atoms with Crippen LogP contribution in [0.1, 0.15) is 0 Å². The van der Waals surface area contributed by atoms with Crippen LogP contribution in [0.2, 0.25) is 0 Å². The molecular formula is C60H42N2. The first-order chi connectivity index (χ1) is 30.5. The largest absolute Gasteiger partial charge is 0.397 e. The van der Waals surface area contributed by atoms with Crippen LogP contribution >= 0.6 is 0 Å². The molecule has 0 saturated heterocycles. The van der Waals surface area contributed by atoms with Crippen molar-refractivity contribution in [1.82, 2.24) is 0 Å². The fourth-order valence-electron chi connectivity index (χ4n) is 8.81. The molecule has 0 saturated carbocycles. The van der Waals surface area contributed by atoms with Crippen LogP contribution in [0.4, 0.5) is 11.4 Å². The van der Waals surface area contributed by atoms with E-state index in [1.165, 1.54) is 66.8 Å². The third-order valence-corrected chi connectivity index (χ3v) is 12.5. The van der Waals surface area contributed by atoms with Crippen LogP contribution in [0.15, 0.2) is 231 Å². The van der Waals surface area contributed by atoms with Gasteiger partial charge in [-0.25, -0.2) is 0 Å². The van der Waals surface area contributed by atoms with Crippen LogP contribution in [0.25, 0.3) is 111 Å². The Labute approximate surface area is 363 Å². The fraction of sp³-hybridized carbons (Fsp3) is 0. The van der Waals surface area contributed by atoms with E-state index in [1.807, 2.05) is 0 Å². The lowest BCUT2D eigenvalue weighted by atomic mass is 9.93. The number of hydrogen-bond acceptors (Lipinski definition) is 2. The van der Waals surface area contributed by atoms with E-state index < -0.39 is 0 Å². The summed E-state index contributed by atoms with van der Waals surface area (Å²) in [6.45, 7) is 0. The lowest BCUT2D eigenvalue weighted by Gasteiger charge is -2.14. The summed E-state index contributed by atoms with van der Waals surface area (Å²) in [6.07, 6.45) is 0. The number of rotatable bonds is 0. The highest BCUT2D eigenvalue weighted by atomic mass is 14.7. The molecule has 62 heavy (non-hydrogen) atoms. The molecule has 0 aliphatic heterocycles. The van der Waals surface area contributed by atoms with Gasteiger partial charge in [-0.1, -0.05) is 231 Å². The maximum atomic E-state index is 6.74. The van der Waals surface area contributed by atoms with Gasteiger partial charge >= 0.3 is 0 Å². The van der Waals surface area contributed by atoms with Crippen LogP contribution in [-0.4, -0.2) is 0 Å². The van der Waals surface area contributed by atoms with Crippen molar-refractivity contribution in [3.8, 4) is 111 Å². The van der Waals surface area contributed by atoms with Crippen molar-refractivity contribution in [3.63, 3.8) is 0 Å². The Bertz CT molecular complexity index is 2960. The molecule has 4 N–H and O–H groups in total. The van der Waals surface area contributed by atoms with Gasteiger partial charge in [0.25, 0.3) is 0 Å². The van der Waals surface area contributed by atoms with E-state index in [0.717, 1.165) is 44.5 Å². The van der Waals surface area contributed by atoms with Gasteiger partial charge in [0.1, 0.15) is 0 Å². The lowest BCUT2D eigenvalue weighted by Crippen LogP contribution is -2.00. The molecule has 2 heteroatoms. The molecule has 28 aliphatic carbocycles. The highest BCUT2D eigenvalue weighted by Crippen LogP contribution is 2.39. The molecule has 292 valence electrons. The highest BCUT2D eigenvalue weighted by Gasteiger charge is 2.13. The van der Waals surface area contributed by atoms with Gasteiger partial charge in [-0.2, -0.15) is 0 Å². The van der Waals surface area contributed by atoms with E-state index in [2.05, 4.69) is 231 Å². The quantitative estimate of drug-likeness (QED) is 0.150. The van der Waals surface area contributed by atoms with E-state index in [0.29, 0.717) is 11.4 Å². The number of nitrogens with two attached hydrogens (primary N) is 2. The van der Waals surface area contributed by atoms with Crippen LogP contribution in [-0.2, 0) is 0 Å². The Morgan fingerprint density at radius 1 is 0.129 bits per heavy atom. The van der Waals surface area contributed by atoms with Gasteiger partial charge in [0, 0.05) is 11.1 Å².